The largest absolute Gasteiger partial charge is 0.454 e. The normalized spacial score (nSPS) is 12.1. The maximum Gasteiger partial charge on any atom is 0.324 e. The number of hydrogen-bond acceptors (Lipinski definition) is 6. The number of amides is 1. The molecule has 1 atom stereocenters. The minimum absolute atomic E-state index is 0.0310. The van der Waals surface area contributed by atoms with E-state index in [9.17, 15) is 22.4 Å². The molecule has 1 N–H and O–H groups in total. The lowest BCUT2D eigenvalue weighted by atomic mass is 10.1. The van der Waals surface area contributed by atoms with Gasteiger partial charge in [-0.05, 0) is 36.2 Å². The van der Waals surface area contributed by atoms with Crippen LogP contribution in [0.25, 0.3) is 0 Å². The third-order valence-corrected chi connectivity index (χ3v) is 6.24. The lowest BCUT2D eigenvalue weighted by molar-refractivity contribution is -0.150. The Bertz CT molecular complexity index is 1150. The van der Waals surface area contributed by atoms with E-state index in [0.717, 1.165) is 12.1 Å². The number of nitriles is 1. The summed E-state index contributed by atoms with van der Waals surface area (Å²) in [6.45, 7) is 2.49. The number of sulfonamides is 1. The molecule has 0 aliphatic carbocycles. The van der Waals surface area contributed by atoms with Crippen LogP contribution in [0.2, 0.25) is 5.02 Å². The Morgan fingerprint density at radius 1 is 1.21 bits per heavy atom. The van der Waals surface area contributed by atoms with E-state index in [1.54, 1.807) is 32.0 Å². The molecule has 1 unspecified atom stereocenters. The number of carbonyl (C=O) groups excluding carboxylic acids is 2. The minimum Gasteiger partial charge on any atom is -0.454 e. The Hall–Kier alpha value is -3.00. The van der Waals surface area contributed by atoms with Crippen molar-refractivity contribution in [2.45, 2.75) is 31.2 Å². The fourth-order valence-corrected chi connectivity index (χ4v) is 4.45. The van der Waals surface area contributed by atoms with E-state index in [0.29, 0.717) is 10.7 Å². The van der Waals surface area contributed by atoms with Gasteiger partial charge in [-0.15, -0.1) is 0 Å². The van der Waals surface area contributed by atoms with E-state index in [1.165, 1.54) is 23.1 Å². The number of benzene rings is 2. The molecule has 2 aromatic rings. The highest BCUT2D eigenvalue weighted by Gasteiger charge is 2.31. The molecule has 2 rings (SSSR count). The molecule has 0 saturated heterocycles. The number of nitrogens with zero attached hydrogens (tertiary/aromatic N) is 2. The van der Waals surface area contributed by atoms with Crippen molar-refractivity contribution in [2.24, 2.45) is 5.92 Å². The summed E-state index contributed by atoms with van der Waals surface area (Å²) in [6.07, 6.45) is 0.0310. The topological polar surface area (TPSA) is 117 Å². The molecule has 0 radical (unpaired) electrons. The van der Waals surface area contributed by atoms with E-state index in [4.69, 9.17) is 21.6 Å². The SMILES string of the molecule is CC(C)C(NS(=O)(=O)c1ccccc1F)C(=O)OCC(=O)N(CCC#N)c1cccc(Cl)c1. The van der Waals surface area contributed by atoms with Gasteiger partial charge in [0.15, 0.2) is 6.61 Å². The number of carbonyl (C=O) groups is 2. The zero-order valence-electron chi connectivity index (χ0n) is 18.0. The van der Waals surface area contributed by atoms with Crippen molar-refractivity contribution >= 4 is 39.2 Å². The molecule has 11 heteroatoms. The van der Waals surface area contributed by atoms with Gasteiger partial charge in [0.2, 0.25) is 10.0 Å². The Morgan fingerprint density at radius 2 is 1.91 bits per heavy atom. The van der Waals surface area contributed by atoms with Gasteiger partial charge in [-0.3, -0.25) is 9.59 Å². The predicted molar refractivity (Wildman–Crippen MR) is 120 cm³/mol. The van der Waals surface area contributed by atoms with Crippen molar-refractivity contribution in [3.8, 4) is 6.07 Å². The molecule has 176 valence electrons. The number of esters is 1. The number of nitrogens with one attached hydrogen (secondary N) is 1. The molecule has 1 amide bonds. The zero-order valence-corrected chi connectivity index (χ0v) is 19.6. The highest BCUT2D eigenvalue weighted by atomic mass is 35.5. The lowest BCUT2D eigenvalue weighted by Gasteiger charge is -2.24. The molecule has 0 fully saturated rings. The maximum atomic E-state index is 14.0. The first-order valence-corrected chi connectivity index (χ1v) is 11.8. The average Bonchev–Trinajstić information content (AvgIpc) is 2.76. The van der Waals surface area contributed by atoms with Crippen LogP contribution >= 0.6 is 11.6 Å². The fraction of sp³-hybridized carbons (Fsp3) is 0.318. The van der Waals surface area contributed by atoms with E-state index in [1.807, 2.05) is 6.07 Å². The molecule has 0 aliphatic rings. The Kier molecular flexibility index (Phi) is 9.34. The van der Waals surface area contributed by atoms with Gasteiger partial charge in [-0.25, -0.2) is 12.8 Å². The van der Waals surface area contributed by atoms with Crippen LogP contribution < -0.4 is 9.62 Å². The van der Waals surface area contributed by atoms with Gasteiger partial charge >= 0.3 is 5.97 Å². The Morgan fingerprint density at radius 3 is 2.52 bits per heavy atom. The van der Waals surface area contributed by atoms with E-state index in [2.05, 4.69) is 4.72 Å². The van der Waals surface area contributed by atoms with Gasteiger partial charge in [0.25, 0.3) is 5.91 Å². The highest BCUT2D eigenvalue weighted by molar-refractivity contribution is 7.89. The van der Waals surface area contributed by atoms with Crippen LogP contribution in [0.15, 0.2) is 53.4 Å². The minimum atomic E-state index is -4.37. The van der Waals surface area contributed by atoms with Gasteiger partial charge in [-0.2, -0.15) is 9.98 Å². The summed E-state index contributed by atoms with van der Waals surface area (Å²) in [4.78, 5) is 26.0. The van der Waals surface area contributed by atoms with Crippen molar-refractivity contribution in [2.75, 3.05) is 18.1 Å². The molecular formula is C22H23ClFN3O5S. The quantitative estimate of drug-likeness (QED) is 0.505. The summed E-state index contributed by atoms with van der Waals surface area (Å²) in [6, 6.07) is 11.7. The molecule has 0 aliphatic heterocycles. The molecule has 0 aromatic heterocycles. The average molecular weight is 496 g/mol. The monoisotopic (exact) mass is 495 g/mol. The van der Waals surface area contributed by atoms with Crippen LogP contribution in [0.3, 0.4) is 0 Å². The van der Waals surface area contributed by atoms with Crippen LogP contribution in [-0.4, -0.2) is 39.5 Å². The zero-order chi connectivity index (χ0) is 24.6. The van der Waals surface area contributed by atoms with Gasteiger partial charge in [0, 0.05) is 17.3 Å². The smallest absolute Gasteiger partial charge is 0.324 e. The summed E-state index contributed by atoms with van der Waals surface area (Å²) < 4.78 is 46.3. The van der Waals surface area contributed by atoms with Crippen molar-refractivity contribution in [1.82, 2.24) is 4.72 Å². The number of ether oxygens (including phenoxy) is 1. The van der Waals surface area contributed by atoms with E-state index in [-0.39, 0.29) is 13.0 Å². The Labute approximate surface area is 197 Å². The molecule has 0 heterocycles. The third-order valence-electron chi connectivity index (χ3n) is 4.53. The summed E-state index contributed by atoms with van der Waals surface area (Å²) >= 11 is 5.97. The number of hydrogen-bond donors (Lipinski definition) is 1. The first kappa shape index (κ1) is 26.3. The van der Waals surface area contributed by atoms with Gasteiger partial charge in [0.05, 0.1) is 12.5 Å². The molecule has 2 aromatic carbocycles. The first-order chi connectivity index (χ1) is 15.6. The molecule has 33 heavy (non-hydrogen) atoms. The summed E-state index contributed by atoms with van der Waals surface area (Å²) in [5, 5.41) is 9.26. The van der Waals surface area contributed by atoms with Crippen molar-refractivity contribution in [3.63, 3.8) is 0 Å². The second kappa shape index (κ2) is 11.7. The molecule has 0 saturated carbocycles. The number of anilines is 1. The highest BCUT2D eigenvalue weighted by Crippen LogP contribution is 2.20. The van der Waals surface area contributed by atoms with Crippen LogP contribution in [0.1, 0.15) is 20.3 Å². The number of rotatable bonds is 10. The summed E-state index contributed by atoms with van der Waals surface area (Å²) in [5.74, 6) is -3.15. The lowest BCUT2D eigenvalue weighted by Crippen LogP contribution is -2.46. The third kappa shape index (κ3) is 7.25. The van der Waals surface area contributed by atoms with Crippen molar-refractivity contribution < 1.29 is 27.1 Å². The molecule has 8 nitrogen and oxygen atoms in total. The second-order valence-electron chi connectivity index (χ2n) is 7.31. The fourth-order valence-electron chi connectivity index (χ4n) is 2.85. The van der Waals surface area contributed by atoms with Crippen molar-refractivity contribution in [3.05, 3.63) is 59.4 Å². The molecule has 0 bridgehead atoms. The molecular weight excluding hydrogens is 473 g/mol. The summed E-state index contributed by atoms with van der Waals surface area (Å²) in [7, 11) is -4.37. The van der Waals surface area contributed by atoms with Crippen molar-refractivity contribution in [1.29, 1.82) is 5.26 Å². The van der Waals surface area contributed by atoms with Gasteiger partial charge in [-0.1, -0.05) is 43.6 Å². The van der Waals surface area contributed by atoms with Crippen LogP contribution in [0.4, 0.5) is 10.1 Å². The predicted octanol–water partition coefficient (Wildman–Crippen LogP) is 3.27. The van der Waals surface area contributed by atoms with Crippen LogP contribution in [0.5, 0.6) is 0 Å². The Balaban J connectivity index is 2.14. The second-order valence-corrected chi connectivity index (χ2v) is 9.43. The molecule has 0 spiro atoms. The van der Waals surface area contributed by atoms with Crippen LogP contribution in [0, 0.1) is 23.1 Å². The van der Waals surface area contributed by atoms with E-state index < -0.39 is 51.2 Å². The van der Waals surface area contributed by atoms with Crippen LogP contribution in [-0.2, 0) is 24.3 Å². The van der Waals surface area contributed by atoms with Gasteiger partial charge in [0.1, 0.15) is 16.8 Å². The van der Waals surface area contributed by atoms with E-state index >= 15 is 0 Å². The number of halogens is 2. The van der Waals surface area contributed by atoms with Gasteiger partial charge < -0.3 is 9.64 Å². The first-order valence-electron chi connectivity index (χ1n) is 9.93. The standard InChI is InChI=1S/C22H23ClFN3O5S/c1-15(2)21(26-33(30,31)19-10-4-3-9-18(19)24)22(29)32-14-20(28)27(12-6-11-25)17-8-5-7-16(23)13-17/h3-5,7-10,13,15,21,26H,6,12,14H2,1-2H3. The summed E-state index contributed by atoms with van der Waals surface area (Å²) in [5.41, 5.74) is 0.416. The maximum absolute atomic E-state index is 14.0.